The van der Waals surface area contributed by atoms with Crippen LogP contribution in [0, 0.1) is 0 Å². The minimum atomic E-state index is -0.264. The Balaban J connectivity index is 1.91. The van der Waals surface area contributed by atoms with Crippen LogP contribution in [-0.4, -0.2) is 41.2 Å². The monoisotopic (exact) mass is 384 g/mol. The van der Waals surface area contributed by atoms with Gasteiger partial charge < -0.3 is 10.2 Å². The number of rotatable bonds is 7. The Bertz CT molecular complexity index is 979. The lowest BCUT2D eigenvalue weighted by atomic mass is 10.1. The van der Waals surface area contributed by atoms with Gasteiger partial charge in [-0.2, -0.15) is 5.10 Å². The van der Waals surface area contributed by atoms with Gasteiger partial charge in [-0.15, -0.1) is 11.3 Å². The average Bonchev–Trinajstić information content (AvgIpc) is 3.18. The van der Waals surface area contributed by atoms with Gasteiger partial charge >= 0.3 is 0 Å². The van der Waals surface area contributed by atoms with E-state index in [-0.39, 0.29) is 17.5 Å². The predicted molar refractivity (Wildman–Crippen MR) is 109 cm³/mol. The molecule has 0 saturated heterocycles. The number of hydrogen-bond acceptors (Lipinski definition) is 5. The van der Waals surface area contributed by atoms with Crippen molar-refractivity contribution in [2.24, 2.45) is 0 Å². The van der Waals surface area contributed by atoms with Crippen LogP contribution in [0.4, 0.5) is 0 Å². The van der Waals surface area contributed by atoms with Gasteiger partial charge in [-0.25, -0.2) is 4.68 Å². The zero-order valence-electron chi connectivity index (χ0n) is 15.8. The number of thiophene rings is 1. The number of amides is 1. The van der Waals surface area contributed by atoms with Crippen LogP contribution in [0.3, 0.4) is 0 Å². The molecule has 3 rings (SSSR count). The fraction of sp³-hybridized carbons (Fsp3) is 0.350. The standard InChI is InChI=1S/C20H24N4O2S/c1-4-11-24-20(26)15-9-6-5-8-14(15)18(22-24)19(25)21-13-16(23(2)3)17-10-7-12-27-17/h5-10,12,16H,4,11,13H2,1-3H3,(H,21,25)/t16-/m1/s1. The fourth-order valence-corrected chi connectivity index (χ4v) is 3.98. The Labute approximate surface area is 162 Å². The number of carbonyl (C=O) groups is 1. The highest BCUT2D eigenvalue weighted by Crippen LogP contribution is 2.22. The normalized spacial score (nSPS) is 12.4. The smallest absolute Gasteiger partial charge is 0.274 e. The third kappa shape index (κ3) is 4.09. The first kappa shape index (κ1) is 19.3. The van der Waals surface area contributed by atoms with Crippen LogP contribution >= 0.6 is 11.3 Å². The molecule has 6 nitrogen and oxygen atoms in total. The zero-order valence-corrected chi connectivity index (χ0v) is 16.6. The van der Waals surface area contributed by atoms with E-state index >= 15 is 0 Å². The zero-order chi connectivity index (χ0) is 19.4. The average molecular weight is 385 g/mol. The first-order chi connectivity index (χ1) is 13.0. The minimum absolute atomic E-state index is 0.0850. The first-order valence-corrected chi connectivity index (χ1v) is 9.88. The largest absolute Gasteiger partial charge is 0.349 e. The summed E-state index contributed by atoms with van der Waals surface area (Å²) < 4.78 is 1.39. The molecule has 3 aromatic rings. The lowest BCUT2D eigenvalue weighted by molar-refractivity contribution is 0.0936. The van der Waals surface area contributed by atoms with Crippen LogP contribution in [0.15, 0.2) is 46.6 Å². The number of likely N-dealkylation sites (N-methyl/N-ethyl adjacent to an activating group) is 1. The van der Waals surface area contributed by atoms with Crippen molar-refractivity contribution in [1.82, 2.24) is 20.0 Å². The second-order valence-corrected chi connectivity index (χ2v) is 7.61. The van der Waals surface area contributed by atoms with E-state index in [0.29, 0.717) is 29.6 Å². The van der Waals surface area contributed by atoms with E-state index in [9.17, 15) is 9.59 Å². The molecule has 142 valence electrons. The first-order valence-electron chi connectivity index (χ1n) is 9.00. The van der Waals surface area contributed by atoms with Crippen LogP contribution in [0.5, 0.6) is 0 Å². The molecule has 0 aliphatic rings. The van der Waals surface area contributed by atoms with E-state index in [1.54, 1.807) is 29.5 Å². The molecule has 0 aliphatic heterocycles. The highest BCUT2D eigenvalue weighted by atomic mass is 32.1. The van der Waals surface area contributed by atoms with E-state index in [1.165, 1.54) is 9.56 Å². The summed E-state index contributed by atoms with van der Waals surface area (Å²) in [6, 6.07) is 11.3. The maximum atomic E-state index is 12.9. The second kappa shape index (κ2) is 8.45. The third-order valence-corrected chi connectivity index (χ3v) is 5.44. The van der Waals surface area contributed by atoms with E-state index in [4.69, 9.17) is 0 Å². The highest BCUT2D eigenvalue weighted by Gasteiger charge is 2.20. The van der Waals surface area contributed by atoms with Gasteiger partial charge in [-0.1, -0.05) is 31.2 Å². The fourth-order valence-electron chi connectivity index (χ4n) is 3.06. The predicted octanol–water partition coefficient (Wildman–Crippen LogP) is 2.90. The summed E-state index contributed by atoms with van der Waals surface area (Å²) in [5.74, 6) is -0.264. The van der Waals surface area contributed by atoms with Gasteiger partial charge in [0, 0.05) is 23.4 Å². The molecule has 0 unspecified atom stereocenters. The molecular weight excluding hydrogens is 360 g/mol. The van der Waals surface area contributed by atoms with E-state index in [1.807, 2.05) is 38.5 Å². The van der Waals surface area contributed by atoms with Gasteiger partial charge in [0.1, 0.15) is 0 Å². The number of fused-ring (bicyclic) bond motifs is 1. The number of aryl methyl sites for hydroxylation is 1. The summed E-state index contributed by atoms with van der Waals surface area (Å²) in [5, 5.41) is 10.5. The van der Waals surface area contributed by atoms with Gasteiger partial charge in [0.15, 0.2) is 5.69 Å². The number of nitrogens with one attached hydrogen (secondary N) is 1. The molecule has 1 amide bonds. The minimum Gasteiger partial charge on any atom is -0.349 e. The van der Waals surface area contributed by atoms with E-state index in [2.05, 4.69) is 21.4 Å². The number of nitrogens with zero attached hydrogens (tertiary/aromatic N) is 3. The summed E-state index contributed by atoms with van der Waals surface area (Å²) >= 11 is 1.67. The summed E-state index contributed by atoms with van der Waals surface area (Å²) in [5.41, 5.74) is 0.135. The van der Waals surface area contributed by atoms with Gasteiger partial charge in [-0.3, -0.25) is 9.59 Å². The van der Waals surface area contributed by atoms with E-state index < -0.39 is 0 Å². The Hall–Kier alpha value is -2.51. The summed E-state index contributed by atoms with van der Waals surface area (Å²) in [7, 11) is 3.98. The van der Waals surface area contributed by atoms with Gasteiger partial charge in [-0.05, 0) is 38.0 Å². The van der Waals surface area contributed by atoms with Crippen molar-refractivity contribution in [3.8, 4) is 0 Å². The topological polar surface area (TPSA) is 67.2 Å². The Morgan fingerprint density at radius 2 is 1.96 bits per heavy atom. The molecule has 0 aliphatic carbocycles. The van der Waals surface area contributed by atoms with Gasteiger partial charge in [0.25, 0.3) is 11.5 Å². The number of benzene rings is 1. The van der Waals surface area contributed by atoms with Crippen molar-refractivity contribution >= 4 is 28.0 Å². The lowest BCUT2D eigenvalue weighted by Gasteiger charge is -2.23. The van der Waals surface area contributed by atoms with Crippen LogP contribution in [0.25, 0.3) is 10.8 Å². The number of aromatic nitrogens is 2. The van der Waals surface area contributed by atoms with Crippen molar-refractivity contribution in [1.29, 1.82) is 0 Å². The Morgan fingerprint density at radius 3 is 2.59 bits per heavy atom. The van der Waals surface area contributed by atoms with Crippen molar-refractivity contribution in [3.63, 3.8) is 0 Å². The maximum Gasteiger partial charge on any atom is 0.274 e. The van der Waals surface area contributed by atoms with Crippen molar-refractivity contribution in [3.05, 3.63) is 62.7 Å². The molecule has 1 N–H and O–H groups in total. The molecule has 2 heterocycles. The van der Waals surface area contributed by atoms with Crippen molar-refractivity contribution < 1.29 is 4.79 Å². The SMILES string of the molecule is CCCn1nc(C(=O)NC[C@H](c2cccs2)N(C)C)c2ccccc2c1=O. The number of hydrogen-bond donors (Lipinski definition) is 1. The molecule has 7 heteroatoms. The van der Waals surface area contributed by atoms with Crippen molar-refractivity contribution in [2.75, 3.05) is 20.6 Å². The summed E-state index contributed by atoms with van der Waals surface area (Å²) in [6.07, 6.45) is 0.771. The lowest BCUT2D eigenvalue weighted by Crippen LogP contribution is -2.36. The van der Waals surface area contributed by atoms with Crippen LogP contribution in [-0.2, 0) is 6.54 Å². The van der Waals surface area contributed by atoms with Crippen molar-refractivity contribution in [2.45, 2.75) is 25.9 Å². The quantitative estimate of drug-likeness (QED) is 0.680. The molecule has 1 aromatic carbocycles. The van der Waals surface area contributed by atoms with Crippen LogP contribution in [0.1, 0.15) is 34.8 Å². The Morgan fingerprint density at radius 1 is 1.22 bits per heavy atom. The second-order valence-electron chi connectivity index (χ2n) is 6.63. The van der Waals surface area contributed by atoms with Gasteiger partial charge in [0.05, 0.1) is 11.4 Å². The maximum absolute atomic E-state index is 12.9. The van der Waals surface area contributed by atoms with Crippen LogP contribution < -0.4 is 10.9 Å². The van der Waals surface area contributed by atoms with Gasteiger partial charge in [0.2, 0.25) is 0 Å². The molecule has 27 heavy (non-hydrogen) atoms. The molecule has 2 aromatic heterocycles. The third-order valence-electron chi connectivity index (χ3n) is 4.47. The highest BCUT2D eigenvalue weighted by molar-refractivity contribution is 7.10. The summed E-state index contributed by atoms with van der Waals surface area (Å²) in [4.78, 5) is 28.8. The molecule has 0 bridgehead atoms. The molecule has 0 spiro atoms. The molecular formula is C20H24N4O2S. The Kier molecular flexibility index (Phi) is 6.03. The van der Waals surface area contributed by atoms with Crippen LogP contribution in [0.2, 0.25) is 0 Å². The molecule has 1 atom stereocenters. The van der Waals surface area contributed by atoms with E-state index in [0.717, 1.165) is 6.42 Å². The molecule has 0 radical (unpaired) electrons. The molecule has 0 saturated carbocycles. The molecule has 0 fully saturated rings. The number of carbonyl (C=O) groups excluding carboxylic acids is 1. The summed E-state index contributed by atoms with van der Waals surface area (Å²) in [6.45, 7) is 2.93.